The van der Waals surface area contributed by atoms with E-state index in [0.29, 0.717) is 10.0 Å². The van der Waals surface area contributed by atoms with Gasteiger partial charge in [-0.3, -0.25) is 4.79 Å². The molecule has 1 aromatic rings. The van der Waals surface area contributed by atoms with Gasteiger partial charge in [0.05, 0.1) is 10.9 Å². The fourth-order valence-electron chi connectivity index (χ4n) is 2.72. The van der Waals surface area contributed by atoms with Gasteiger partial charge in [-0.2, -0.15) is 17.5 Å². The summed E-state index contributed by atoms with van der Waals surface area (Å²) in [5.41, 5.74) is -0.528. The molecule has 1 amide bonds. The molecule has 0 saturated carbocycles. The van der Waals surface area contributed by atoms with Crippen LogP contribution in [0.1, 0.15) is 32.4 Å². The quantitative estimate of drug-likeness (QED) is 0.787. The number of halogens is 4. The summed E-state index contributed by atoms with van der Waals surface area (Å²) in [5.74, 6) is -2.10. The summed E-state index contributed by atoms with van der Waals surface area (Å²) in [6, 6.07) is 3.57. The summed E-state index contributed by atoms with van der Waals surface area (Å²) < 4.78 is 64.5. The second-order valence-corrected chi connectivity index (χ2v) is 9.08. The van der Waals surface area contributed by atoms with Crippen molar-refractivity contribution in [1.29, 1.82) is 0 Å². The molecule has 5 nitrogen and oxygen atoms in total. The van der Waals surface area contributed by atoms with Crippen LogP contribution in [0.15, 0.2) is 27.6 Å². The average Bonchev–Trinajstić information content (AvgIpc) is 2.61. The van der Waals surface area contributed by atoms with Crippen LogP contribution in [0.3, 0.4) is 0 Å². The fourth-order valence-corrected chi connectivity index (χ4v) is 5.29. The van der Waals surface area contributed by atoms with Crippen LogP contribution in [0.25, 0.3) is 0 Å². The molecule has 0 aromatic heterocycles. The number of hydrogen-bond acceptors (Lipinski definition) is 3. The second kappa shape index (κ2) is 5.99. The standard InChI is InChI=1S/C14H16BrF3N2O3S/c1-13(2,3)20-10(7-19-12(21)14(16,17)18)9-6-8(15)4-5-11(9)24(20,22)23/h4-6,10H,7H2,1-3H3,(H,19,21). The number of fused-ring (bicyclic) bond motifs is 1. The summed E-state index contributed by atoms with van der Waals surface area (Å²) in [6.45, 7) is 4.45. The molecular formula is C14H16BrF3N2O3S. The molecule has 1 atom stereocenters. The Morgan fingerprint density at radius 2 is 1.88 bits per heavy atom. The molecule has 0 fully saturated rings. The van der Waals surface area contributed by atoms with E-state index in [-0.39, 0.29) is 4.90 Å². The van der Waals surface area contributed by atoms with E-state index in [4.69, 9.17) is 0 Å². The molecule has 2 rings (SSSR count). The summed E-state index contributed by atoms with van der Waals surface area (Å²) in [5, 5.41) is 1.78. The summed E-state index contributed by atoms with van der Waals surface area (Å²) in [7, 11) is -3.87. The molecule has 0 spiro atoms. The zero-order valence-electron chi connectivity index (χ0n) is 13.1. The van der Waals surface area contributed by atoms with Crippen molar-refractivity contribution in [3.63, 3.8) is 0 Å². The number of nitrogens with zero attached hydrogens (tertiary/aromatic N) is 1. The van der Waals surface area contributed by atoms with Crippen LogP contribution in [-0.4, -0.2) is 36.9 Å². The molecule has 1 heterocycles. The van der Waals surface area contributed by atoms with Crippen molar-refractivity contribution in [3.8, 4) is 0 Å². The molecular weight excluding hydrogens is 413 g/mol. The highest BCUT2D eigenvalue weighted by Crippen LogP contribution is 2.44. The lowest BCUT2D eigenvalue weighted by Gasteiger charge is -2.35. The summed E-state index contributed by atoms with van der Waals surface area (Å²) >= 11 is 3.23. The zero-order chi connectivity index (χ0) is 18.5. The maximum atomic E-state index is 12.8. The van der Waals surface area contributed by atoms with Crippen LogP contribution >= 0.6 is 15.9 Å². The van der Waals surface area contributed by atoms with Crippen LogP contribution in [0.2, 0.25) is 0 Å². The third kappa shape index (κ3) is 3.45. The number of carbonyl (C=O) groups is 1. The number of nitrogens with one attached hydrogen (secondary N) is 1. The Morgan fingerprint density at radius 3 is 2.38 bits per heavy atom. The smallest absolute Gasteiger partial charge is 0.346 e. The maximum absolute atomic E-state index is 12.8. The Morgan fingerprint density at radius 1 is 1.29 bits per heavy atom. The Kier molecular flexibility index (Phi) is 4.79. The van der Waals surface area contributed by atoms with Gasteiger partial charge in [-0.15, -0.1) is 0 Å². The van der Waals surface area contributed by atoms with E-state index in [0.717, 1.165) is 4.31 Å². The first-order chi connectivity index (χ1) is 10.8. The molecule has 24 heavy (non-hydrogen) atoms. The van der Waals surface area contributed by atoms with Crippen LogP contribution in [0.5, 0.6) is 0 Å². The Bertz CT molecular complexity index is 772. The third-order valence-corrected chi connectivity index (χ3v) is 6.27. The Balaban J connectivity index is 2.47. The number of carbonyl (C=O) groups excluding carboxylic acids is 1. The average molecular weight is 429 g/mol. The molecule has 1 N–H and O–H groups in total. The molecule has 1 aromatic carbocycles. The van der Waals surface area contributed by atoms with Gasteiger partial charge < -0.3 is 5.32 Å². The van der Waals surface area contributed by atoms with Gasteiger partial charge in [-0.1, -0.05) is 15.9 Å². The lowest BCUT2D eigenvalue weighted by atomic mass is 10.0. The van der Waals surface area contributed by atoms with E-state index in [1.807, 2.05) is 0 Å². The number of rotatable bonds is 2. The predicted octanol–water partition coefficient (Wildman–Crippen LogP) is 2.97. The van der Waals surface area contributed by atoms with Crippen LogP contribution < -0.4 is 5.32 Å². The number of alkyl halides is 3. The van der Waals surface area contributed by atoms with Gasteiger partial charge in [-0.25, -0.2) is 8.42 Å². The van der Waals surface area contributed by atoms with Crippen molar-refractivity contribution in [2.45, 2.75) is 43.4 Å². The predicted molar refractivity (Wildman–Crippen MR) is 84.7 cm³/mol. The van der Waals surface area contributed by atoms with Crippen molar-refractivity contribution in [1.82, 2.24) is 9.62 Å². The summed E-state index contributed by atoms with van der Waals surface area (Å²) in [4.78, 5) is 11.1. The molecule has 10 heteroatoms. The van der Waals surface area contributed by atoms with E-state index >= 15 is 0 Å². The van der Waals surface area contributed by atoms with Crippen LogP contribution in [0.4, 0.5) is 13.2 Å². The van der Waals surface area contributed by atoms with Crippen molar-refractivity contribution < 1.29 is 26.4 Å². The molecule has 1 unspecified atom stereocenters. The highest BCUT2D eigenvalue weighted by molar-refractivity contribution is 9.10. The topological polar surface area (TPSA) is 66.5 Å². The number of benzene rings is 1. The van der Waals surface area contributed by atoms with Gasteiger partial charge in [0.1, 0.15) is 0 Å². The molecule has 0 radical (unpaired) electrons. The van der Waals surface area contributed by atoms with Crippen molar-refractivity contribution in [3.05, 3.63) is 28.2 Å². The van der Waals surface area contributed by atoms with Crippen molar-refractivity contribution >= 4 is 31.9 Å². The first kappa shape index (κ1) is 19.2. The number of sulfonamides is 1. The van der Waals surface area contributed by atoms with Gasteiger partial charge in [0.2, 0.25) is 10.0 Å². The Labute approximate surface area is 146 Å². The minimum Gasteiger partial charge on any atom is -0.346 e. The summed E-state index contributed by atoms with van der Waals surface area (Å²) in [6.07, 6.45) is -5.02. The first-order valence-corrected chi connectivity index (χ1v) is 9.18. The molecule has 1 aliphatic rings. The third-order valence-electron chi connectivity index (χ3n) is 3.53. The first-order valence-electron chi connectivity index (χ1n) is 6.95. The van der Waals surface area contributed by atoms with Crippen LogP contribution in [-0.2, 0) is 14.8 Å². The Hall–Kier alpha value is -1.13. The van der Waals surface area contributed by atoms with Crippen LogP contribution in [0, 0.1) is 0 Å². The lowest BCUT2D eigenvalue weighted by molar-refractivity contribution is -0.173. The monoisotopic (exact) mass is 428 g/mol. The molecule has 0 bridgehead atoms. The van der Waals surface area contributed by atoms with Gasteiger partial charge in [0.25, 0.3) is 0 Å². The maximum Gasteiger partial charge on any atom is 0.471 e. The van der Waals surface area contributed by atoms with E-state index < -0.39 is 40.2 Å². The molecule has 134 valence electrons. The van der Waals surface area contributed by atoms with E-state index in [1.165, 1.54) is 6.07 Å². The van der Waals surface area contributed by atoms with E-state index in [1.54, 1.807) is 38.2 Å². The lowest BCUT2D eigenvalue weighted by Crippen LogP contribution is -2.48. The van der Waals surface area contributed by atoms with Gasteiger partial charge in [-0.05, 0) is 44.5 Å². The number of amides is 1. The minimum absolute atomic E-state index is 0.0342. The van der Waals surface area contributed by atoms with Crippen molar-refractivity contribution in [2.75, 3.05) is 6.54 Å². The largest absolute Gasteiger partial charge is 0.471 e. The minimum atomic E-state index is -5.02. The van der Waals surface area contributed by atoms with Gasteiger partial charge in [0, 0.05) is 16.6 Å². The second-order valence-electron chi connectivity index (χ2n) is 6.38. The van der Waals surface area contributed by atoms with Gasteiger partial charge >= 0.3 is 12.1 Å². The van der Waals surface area contributed by atoms with E-state index in [9.17, 15) is 26.4 Å². The van der Waals surface area contributed by atoms with Gasteiger partial charge in [0.15, 0.2) is 0 Å². The SMILES string of the molecule is CC(C)(C)N1C(CNC(=O)C(F)(F)F)c2cc(Br)ccc2S1(=O)=O. The fraction of sp³-hybridized carbons (Fsp3) is 0.500. The normalized spacial score (nSPS) is 20.7. The highest BCUT2D eigenvalue weighted by atomic mass is 79.9. The zero-order valence-corrected chi connectivity index (χ0v) is 15.5. The highest BCUT2D eigenvalue weighted by Gasteiger charge is 2.49. The molecule has 0 saturated heterocycles. The van der Waals surface area contributed by atoms with Crippen molar-refractivity contribution in [2.24, 2.45) is 0 Å². The number of hydrogen-bond donors (Lipinski definition) is 1. The molecule has 0 aliphatic carbocycles. The molecule has 1 aliphatic heterocycles. The van der Waals surface area contributed by atoms with E-state index in [2.05, 4.69) is 15.9 Å².